The van der Waals surface area contributed by atoms with E-state index in [1.54, 1.807) is 0 Å². The molecule has 1 aromatic rings. The molecule has 0 saturated heterocycles. The maximum Gasteiger partial charge on any atom is 0.0641 e. The van der Waals surface area contributed by atoms with Gasteiger partial charge in [0.05, 0.1) is 13.2 Å². The predicted molar refractivity (Wildman–Crippen MR) is 89.0 cm³/mol. The smallest absolute Gasteiger partial charge is 0.0641 e. The summed E-state index contributed by atoms with van der Waals surface area (Å²) in [7, 11) is 0. The SMILES string of the molecule is CCNCc1ccccc1N(CCOCC)CCOCC. The third-order valence-electron chi connectivity index (χ3n) is 3.32. The predicted octanol–water partition coefficient (Wildman–Crippen LogP) is 2.68. The normalized spacial score (nSPS) is 10.8. The molecular formula is C17H30N2O2. The Balaban J connectivity index is 2.74. The molecule has 0 saturated carbocycles. The topological polar surface area (TPSA) is 33.7 Å². The fourth-order valence-electron chi connectivity index (χ4n) is 2.22. The van der Waals surface area contributed by atoms with Crippen molar-refractivity contribution in [2.24, 2.45) is 0 Å². The Morgan fingerprint density at radius 2 is 1.57 bits per heavy atom. The number of ether oxygens (including phenoxy) is 2. The second-order valence-electron chi connectivity index (χ2n) is 4.79. The van der Waals surface area contributed by atoms with E-state index in [-0.39, 0.29) is 0 Å². The number of para-hydroxylation sites is 1. The van der Waals surface area contributed by atoms with Gasteiger partial charge in [0.2, 0.25) is 0 Å². The first-order valence-electron chi connectivity index (χ1n) is 8.02. The van der Waals surface area contributed by atoms with Crippen molar-refractivity contribution in [1.82, 2.24) is 5.32 Å². The largest absolute Gasteiger partial charge is 0.380 e. The summed E-state index contributed by atoms with van der Waals surface area (Å²) in [6.45, 7) is 12.9. The van der Waals surface area contributed by atoms with E-state index < -0.39 is 0 Å². The summed E-state index contributed by atoms with van der Waals surface area (Å²) < 4.78 is 11.0. The number of nitrogens with one attached hydrogen (secondary N) is 1. The maximum absolute atomic E-state index is 5.51. The molecule has 0 amide bonds. The third kappa shape index (κ3) is 6.93. The van der Waals surface area contributed by atoms with Crippen LogP contribution in [-0.2, 0) is 16.0 Å². The van der Waals surface area contributed by atoms with Crippen LogP contribution in [0.2, 0.25) is 0 Å². The molecule has 0 aliphatic heterocycles. The van der Waals surface area contributed by atoms with E-state index in [0.29, 0.717) is 0 Å². The molecule has 1 N–H and O–H groups in total. The second-order valence-corrected chi connectivity index (χ2v) is 4.79. The molecule has 0 spiro atoms. The molecule has 21 heavy (non-hydrogen) atoms. The van der Waals surface area contributed by atoms with E-state index in [1.807, 2.05) is 13.8 Å². The summed E-state index contributed by atoms with van der Waals surface area (Å²) in [6.07, 6.45) is 0. The molecule has 0 aromatic heterocycles. The quantitative estimate of drug-likeness (QED) is 0.601. The molecule has 1 aromatic carbocycles. The van der Waals surface area contributed by atoms with Crippen LogP contribution < -0.4 is 10.2 Å². The molecule has 0 radical (unpaired) electrons. The Hall–Kier alpha value is -1.10. The van der Waals surface area contributed by atoms with E-state index in [4.69, 9.17) is 9.47 Å². The van der Waals surface area contributed by atoms with Crippen LogP contribution in [0.3, 0.4) is 0 Å². The molecular weight excluding hydrogens is 264 g/mol. The molecule has 120 valence electrons. The Bertz CT molecular complexity index is 362. The Kier molecular flexibility index (Phi) is 9.87. The van der Waals surface area contributed by atoms with Crippen molar-refractivity contribution in [3.05, 3.63) is 29.8 Å². The van der Waals surface area contributed by atoms with Gasteiger partial charge in [0, 0.05) is 38.5 Å². The molecule has 0 aliphatic rings. The average molecular weight is 294 g/mol. The van der Waals surface area contributed by atoms with Crippen molar-refractivity contribution < 1.29 is 9.47 Å². The standard InChI is InChI=1S/C17H30N2O2/c1-4-18-15-16-9-7-8-10-17(16)19(11-13-20-5-2)12-14-21-6-3/h7-10,18H,4-6,11-15H2,1-3H3. The molecule has 0 fully saturated rings. The highest BCUT2D eigenvalue weighted by molar-refractivity contribution is 5.53. The molecule has 1 rings (SSSR count). The number of nitrogens with zero attached hydrogens (tertiary/aromatic N) is 1. The highest BCUT2D eigenvalue weighted by atomic mass is 16.5. The number of hydrogen-bond acceptors (Lipinski definition) is 4. The van der Waals surface area contributed by atoms with Gasteiger partial charge in [-0.15, -0.1) is 0 Å². The van der Waals surface area contributed by atoms with E-state index >= 15 is 0 Å². The molecule has 4 nitrogen and oxygen atoms in total. The number of anilines is 1. The van der Waals surface area contributed by atoms with Crippen molar-refractivity contribution in [3.63, 3.8) is 0 Å². The highest BCUT2D eigenvalue weighted by Gasteiger charge is 2.10. The van der Waals surface area contributed by atoms with Gasteiger partial charge in [0.25, 0.3) is 0 Å². The van der Waals surface area contributed by atoms with Crippen LogP contribution in [0, 0.1) is 0 Å². The van der Waals surface area contributed by atoms with Gasteiger partial charge < -0.3 is 19.7 Å². The van der Waals surface area contributed by atoms with Crippen LogP contribution >= 0.6 is 0 Å². The minimum atomic E-state index is 0.748. The van der Waals surface area contributed by atoms with Gasteiger partial charge in [-0.25, -0.2) is 0 Å². The maximum atomic E-state index is 5.51. The van der Waals surface area contributed by atoms with E-state index in [0.717, 1.165) is 52.6 Å². The van der Waals surface area contributed by atoms with E-state index in [1.165, 1.54) is 11.3 Å². The summed E-state index contributed by atoms with van der Waals surface area (Å²) >= 11 is 0. The lowest BCUT2D eigenvalue weighted by Crippen LogP contribution is -2.32. The minimum absolute atomic E-state index is 0.748. The van der Waals surface area contributed by atoms with E-state index in [2.05, 4.69) is 41.4 Å². The fraction of sp³-hybridized carbons (Fsp3) is 0.647. The Morgan fingerprint density at radius 1 is 0.952 bits per heavy atom. The van der Waals surface area contributed by atoms with E-state index in [9.17, 15) is 0 Å². The van der Waals surface area contributed by atoms with Crippen molar-refractivity contribution >= 4 is 5.69 Å². The first-order valence-corrected chi connectivity index (χ1v) is 8.02. The molecule has 4 heteroatoms. The zero-order valence-corrected chi connectivity index (χ0v) is 13.7. The number of benzene rings is 1. The van der Waals surface area contributed by atoms with Crippen molar-refractivity contribution in [2.45, 2.75) is 27.3 Å². The van der Waals surface area contributed by atoms with Crippen LogP contribution in [0.15, 0.2) is 24.3 Å². The summed E-state index contributed by atoms with van der Waals surface area (Å²) in [6, 6.07) is 8.56. The molecule has 0 bridgehead atoms. The summed E-state index contributed by atoms with van der Waals surface area (Å²) in [5.41, 5.74) is 2.60. The van der Waals surface area contributed by atoms with Gasteiger partial charge in [0.1, 0.15) is 0 Å². The Labute approximate surface area is 129 Å². The average Bonchev–Trinajstić information content (AvgIpc) is 2.52. The lowest BCUT2D eigenvalue weighted by Gasteiger charge is -2.27. The van der Waals surface area contributed by atoms with Crippen LogP contribution in [0.1, 0.15) is 26.3 Å². The van der Waals surface area contributed by atoms with Crippen LogP contribution in [0.5, 0.6) is 0 Å². The summed E-state index contributed by atoms with van der Waals surface area (Å²) in [4.78, 5) is 2.36. The molecule has 0 atom stereocenters. The third-order valence-corrected chi connectivity index (χ3v) is 3.32. The minimum Gasteiger partial charge on any atom is -0.380 e. The van der Waals surface area contributed by atoms with Crippen LogP contribution in [0.4, 0.5) is 5.69 Å². The van der Waals surface area contributed by atoms with Gasteiger partial charge >= 0.3 is 0 Å². The zero-order valence-electron chi connectivity index (χ0n) is 13.7. The van der Waals surface area contributed by atoms with Crippen LogP contribution in [-0.4, -0.2) is 46.1 Å². The van der Waals surface area contributed by atoms with Crippen molar-refractivity contribution in [1.29, 1.82) is 0 Å². The molecule has 0 unspecified atom stereocenters. The highest BCUT2D eigenvalue weighted by Crippen LogP contribution is 2.20. The van der Waals surface area contributed by atoms with Gasteiger partial charge in [-0.05, 0) is 32.0 Å². The van der Waals surface area contributed by atoms with Crippen LogP contribution in [0.25, 0.3) is 0 Å². The monoisotopic (exact) mass is 294 g/mol. The lowest BCUT2D eigenvalue weighted by molar-refractivity contribution is 0.141. The molecule has 0 aliphatic carbocycles. The van der Waals surface area contributed by atoms with Gasteiger partial charge in [-0.3, -0.25) is 0 Å². The van der Waals surface area contributed by atoms with Crippen molar-refractivity contribution in [3.8, 4) is 0 Å². The first-order chi connectivity index (χ1) is 10.3. The van der Waals surface area contributed by atoms with Gasteiger partial charge in [-0.1, -0.05) is 25.1 Å². The second kappa shape index (κ2) is 11.5. The first kappa shape index (κ1) is 18.0. The van der Waals surface area contributed by atoms with Gasteiger partial charge in [0.15, 0.2) is 0 Å². The zero-order chi connectivity index (χ0) is 15.3. The lowest BCUT2D eigenvalue weighted by atomic mass is 10.1. The summed E-state index contributed by atoms with van der Waals surface area (Å²) in [5.74, 6) is 0. The molecule has 0 heterocycles. The Morgan fingerprint density at radius 3 is 2.14 bits per heavy atom. The van der Waals surface area contributed by atoms with Gasteiger partial charge in [-0.2, -0.15) is 0 Å². The van der Waals surface area contributed by atoms with Crippen molar-refractivity contribution in [2.75, 3.05) is 51.0 Å². The summed E-state index contributed by atoms with van der Waals surface area (Å²) in [5, 5.41) is 3.41. The number of hydrogen-bond donors (Lipinski definition) is 1. The fourth-order valence-corrected chi connectivity index (χ4v) is 2.22. The number of rotatable bonds is 12.